The van der Waals surface area contributed by atoms with Gasteiger partial charge >= 0.3 is 0 Å². The fourth-order valence-electron chi connectivity index (χ4n) is 3.10. The number of nitrogens with zero attached hydrogens (tertiary/aromatic N) is 2. The van der Waals surface area contributed by atoms with Crippen LogP contribution in [0.25, 0.3) is 0 Å². The molecule has 132 valence electrons. The van der Waals surface area contributed by atoms with E-state index < -0.39 is 11.7 Å². The predicted molar refractivity (Wildman–Crippen MR) is 93.9 cm³/mol. The third kappa shape index (κ3) is 4.22. The predicted octanol–water partition coefficient (Wildman–Crippen LogP) is 0.809. The van der Waals surface area contributed by atoms with Crippen LogP contribution in [0.3, 0.4) is 0 Å². The molecule has 3 N–H and O–H groups in total. The van der Waals surface area contributed by atoms with E-state index in [1.165, 1.54) is 0 Å². The van der Waals surface area contributed by atoms with E-state index in [0.717, 1.165) is 5.56 Å². The van der Waals surface area contributed by atoms with E-state index in [9.17, 15) is 15.0 Å². The zero-order chi connectivity index (χ0) is 17.7. The van der Waals surface area contributed by atoms with E-state index in [-0.39, 0.29) is 19.0 Å². The minimum atomic E-state index is -1.37. The normalized spacial score (nSPS) is 23.4. The van der Waals surface area contributed by atoms with Crippen molar-refractivity contribution in [2.24, 2.45) is 0 Å². The van der Waals surface area contributed by atoms with Crippen molar-refractivity contribution < 1.29 is 15.0 Å². The lowest BCUT2D eigenvalue weighted by Gasteiger charge is -2.42. The average Bonchev–Trinajstić information content (AvgIpc) is 2.65. The molecule has 1 aromatic heterocycles. The highest BCUT2D eigenvalue weighted by atomic mass is 16.3. The lowest BCUT2D eigenvalue weighted by Crippen LogP contribution is -2.62. The zero-order valence-corrected chi connectivity index (χ0v) is 14.0. The van der Waals surface area contributed by atoms with E-state index in [0.29, 0.717) is 25.1 Å². The third-order valence-electron chi connectivity index (χ3n) is 4.55. The van der Waals surface area contributed by atoms with E-state index >= 15 is 0 Å². The standard InChI is InChI=1S/C19H23N3O3/c23-17-8-10-22(18(24)16-6-2-1-3-7-16)14-19(17,25)13-21-12-15-5-4-9-20-11-15/h1-7,9,11,17,21,23,25H,8,10,12-14H2/t17-,19+/m0/s1. The highest BCUT2D eigenvalue weighted by Gasteiger charge is 2.42. The number of aliphatic hydroxyl groups is 2. The van der Waals surface area contributed by atoms with Crippen molar-refractivity contribution in [3.63, 3.8) is 0 Å². The molecule has 2 aromatic rings. The van der Waals surface area contributed by atoms with Gasteiger partial charge in [0.25, 0.3) is 5.91 Å². The summed E-state index contributed by atoms with van der Waals surface area (Å²) in [4.78, 5) is 18.2. The summed E-state index contributed by atoms with van der Waals surface area (Å²) in [6.07, 6.45) is 2.94. The van der Waals surface area contributed by atoms with Crippen molar-refractivity contribution in [2.75, 3.05) is 19.6 Å². The van der Waals surface area contributed by atoms with Gasteiger partial charge in [0.2, 0.25) is 0 Å². The Morgan fingerprint density at radius 2 is 2.08 bits per heavy atom. The fourth-order valence-corrected chi connectivity index (χ4v) is 3.10. The summed E-state index contributed by atoms with van der Waals surface area (Å²) >= 11 is 0. The van der Waals surface area contributed by atoms with Gasteiger partial charge in [0.15, 0.2) is 0 Å². The van der Waals surface area contributed by atoms with Crippen molar-refractivity contribution in [3.8, 4) is 0 Å². The van der Waals surface area contributed by atoms with Crippen molar-refractivity contribution in [2.45, 2.75) is 24.7 Å². The molecule has 1 fully saturated rings. The van der Waals surface area contributed by atoms with Crippen molar-refractivity contribution in [3.05, 3.63) is 66.0 Å². The maximum atomic E-state index is 12.6. The van der Waals surface area contributed by atoms with Gasteiger partial charge in [-0.1, -0.05) is 24.3 Å². The summed E-state index contributed by atoms with van der Waals surface area (Å²) in [6, 6.07) is 12.8. The molecule has 0 spiro atoms. The molecule has 1 aliphatic heterocycles. The number of piperidine rings is 1. The van der Waals surface area contributed by atoms with Crippen LogP contribution in [0.4, 0.5) is 0 Å². The number of hydrogen-bond acceptors (Lipinski definition) is 5. The smallest absolute Gasteiger partial charge is 0.253 e. The molecule has 25 heavy (non-hydrogen) atoms. The fraction of sp³-hybridized carbons (Fsp3) is 0.368. The number of carbonyl (C=O) groups excluding carboxylic acids is 1. The lowest BCUT2D eigenvalue weighted by atomic mass is 9.89. The Labute approximate surface area is 147 Å². The van der Waals surface area contributed by atoms with Crippen LogP contribution >= 0.6 is 0 Å². The first-order valence-electron chi connectivity index (χ1n) is 8.43. The van der Waals surface area contributed by atoms with Crippen LogP contribution in [0.2, 0.25) is 0 Å². The molecule has 0 aliphatic carbocycles. The van der Waals surface area contributed by atoms with Crippen LogP contribution in [0, 0.1) is 0 Å². The molecular weight excluding hydrogens is 318 g/mol. The van der Waals surface area contributed by atoms with E-state index in [1.54, 1.807) is 29.4 Å². The lowest BCUT2D eigenvalue weighted by molar-refractivity contribution is -0.111. The summed E-state index contributed by atoms with van der Waals surface area (Å²) in [5.74, 6) is -0.127. The van der Waals surface area contributed by atoms with Crippen LogP contribution in [0.1, 0.15) is 22.3 Å². The van der Waals surface area contributed by atoms with Gasteiger partial charge < -0.3 is 20.4 Å². The molecular formula is C19H23N3O3. The van der Waals surface area contributed by atoms with Gasteiger partial charge in [0.1, 0.15) is 5.60 Å². The van der Waals surface area contributed by atoms with Gasteiger partial charge in [-0.25, -0.2) is 0 Å². The Hall–Kier alpha value is -2.28. The monoisotopic (exact) mass is 341 g/mol. The Morgan fingerprint density at radius 3 is 2.80 bits per heavy atom. The van der Waals surface area contributed by atoms with Gasteiger partial charge in [-0.05, 0) is 30.2 Å². The number of pyridine rings is 1. The quantitative estimate of drug-likeness (QED) is 0.749. The largest absolute Gasteiger partial charge is 0.390 e. The van der Waals surface area contributed by atoms with E-state index in [1.807, 2.05) is 30.3 Å². The summed E-state index contributed by atoms with van der Waals surface area (Å²) in [6.45, 7) is 1.26. The first-order valence-corrected chi connectivity index (χ1v) is 8.43. The van der Waals surface area contributed by atoms with Gasteiger partial charge in [0.05, 0.1) is 12.6 Å². The van der Waals surface area contributed by atoms with Crippen LogP contribution < -0.4 is 5.32 Å². The number of likely N-dealkylation sites (tertiary alicyclic amines) is 1. The number of aliphatic hydroxyl groups excluding tert-OH is 1. The van der Waals surface area contributed by atoms with E-state index in [4.69, 9.17) is 0 Å². The number of β-amino-alcohol motifs (C(OH)–C–C–N with tert-alkyl or cyclic N) is 1. The topological polar surface area (TPSA) is 85.7 Å². The molecule has 1 aliphatic rings. The van der Waals surface area contributed by atoms with E-state index in [2.05, 4.69) is 10.3 Å². The molecule has 1 saturated heterocycles. The molecule has 3 rings (SSSR count). The van der Waals surface area contributed by atoms with Crippen molar-refractivity contribution in [1.29, 1.82) is 0 Å². The third-order valence-corrected chi connectivity index (χ3v) is 4.55. The van der Waals surface area contributed by atoms with Crippen LogP contribution in [0.5, 0.6) is 0 Å². The van der Waals surface area contributed by atoms with Crippen LogP contribution in [-0.2, 0) is 6.54 Å². The average molecular weight is 341 g/mol. The Bertz CT molecular complexity index is 696. The van der Waals surface area contributed by atoms with Gasteiger partial charge in [-0.2, -0.15) is 0 Å². The summed E-state index contributed by atoms with van der Waals surface area (Å²) < 4.78 is 0. The molecule has 0 saturated carbocycles. The number of rotatable bonds is 5. The zero-order valence-electron chi connectivity index (χ0n) is 14.0. The Balaban J connectivity index is 1.62. The van der Waals surface area contributed by atoms with Crippen LogP contribution in [0.15, 0.2) is 54.9 Å². The van der Waals surface area contributed by atoms with Crippen molar-refractivity contribution >= 4 is 5.91 Å². The number of amides is 1. The molecule has 1 amide bonds. The number of aromatic nitrogens is 1. The Kier molecular flexibility index (Phi) is 5.43. The number of nitrogens with one attached hydrogen (secondary N) is 1. The molecule has 0 bridgehead atoms. The highest BCUT2D eigenvalue weighted by Crippen LogP contribution is 2.23. The second-order valence-corrected chi connectivity index (χ2v) is 6.47. The SMILES string of the molecule is O=C(c1ccccc1)N1CC[C@H](O)[C@@](O)(CNCc2cccnc2)C1. The molecule has 1 aromatic carbocycles. The van der Waals surface area contributed by atoms with Gasteiger partial charge in [-0.3, -0.25) is 9.78 Å². The summed E-state index contributed by atoms with van der Waals surface area (Å²) in [5, 5.41) is 24.3. The first kappa shape index (κ1) is 17.5. The number of benzene rings is 1. The second-order valence-electron chi connectivity index (χ2n) is 6.47. The highest BCUT2D eigenvalue weighted by molar-refractivity contribution is 5.94. The first-order chi connectivity index (χ1) is 12.1. The van der Waals surface area contributed by atoms with Gasteiger partial charge in [-0.15, -0.1) is 0 Å². The number of hydrogen-bond donors (Lipinski definition) is 3. The maximum Gasteiger partial charge on any atom is 0.253 e. The Morgan fingerprint density at radius 1 is 1.28 bits per heavy atom. The second kappa shape index (κ2) is 7.74. The van der Waals surface area contributed by atoms with Crippen LogP contribution in [-0.4, -0.2) is 57.3 Å². The minimum Gasteiger partial charge on any atom is -0.390 e. The maximum absolute atomic E-state index is 12.6. The minimum absolute atomic E-state index is 0.0991. The molecule has 6 nitrogen and oxygen atoms in total. The molecule has 2 heterocycles. The summed E-state index contributed by atoms with van der Waals surface area (Å²) in [7, 11) is 0. The molecule has 0 unspecified atom stereocenters. The summed E-state index contributed by atoms with van der Waals surface area (Å²) in [5.41, 5.74) is 0.212. The molecule has 2 atom stereocenters. The molecule has 6 heteroatoms. The van der Waals surface area contributed by atoms with Crippen molar-refractivity contribution in [1.82, 2.24) is 15.2 Å². The van der Waals surface area contributed by atoms with Gasteiger partial charge in [0, 0.05) is 37.6 Å². The molecule has 0 radical (unpaired) electrons. The number of carbonyl (C=O) groups is 1.